The van der Waals surface area contributed by atoms with E-state index in [1.165, 1.54) is 6.26 Å². The van der Waals surface area contributed by atoms with Crippen LogP contribution in [0.4, 0.5) is 0 Å². The summed E-state index contributed by atoms with van der Waals surface area (Å²) in [5.41, 5.74) is 2.14. The Morgan fingerprint density at radius 1 is 1.28 bits per heavy atom. The minimum atomic E-state index is -0.233. The Morgan fingerprint density at radius 2 is 2.14 bits per heavy atom. The highest BCUT2D eigenvalue weighted by Gasteiger charge is 2.22. The summed E-state index contributed by atoms with van der Waals surface area (Å²) in [6, 6.07) is 9.01. The number of amides is 1. The molecule has 0 unspecified atom stereocenters. The van der Waals surface area contributed by atoms with Gasteiger partial charge in [0.25, 0.3) is 5.91 Å². The van der Waals surface area contributed by atoms with Gasteiger partial charge in [0.2, 0.25) is 6.79 Å². The summed E-state index contributed by atoms with van der Waals surface area (Å²) < 4.78 is 23.0. The van der Waals surface area contributed by atoms with Gasteiger partial charge in [-0.25, -0.2) is 0 Å². The number of rotatable bonds is 6. The van der Waals surface area contributed by atoms with Gasteiger partial charge in [-0.2, -0.15) is 4.52 Å². The highest BCUT2D eigenvalue weighted by Crippen LogP contribution is 2.36. The molecule has 0 aliphatic carbocycles. The van der Waals surface area contributed by atoms with Gasteiger partial charge < -0.3 is 23.5 Å². The fourth-order valence-electron chi connectivity index (χ4n) is 3.38. The molecule has 10 nitrogen and oxygen atoms in total. The van der Waals surface area contributed by atoms with Crippen molar-refractivity contribution < 1.29 is 23.4 Å². The van der Waals surface area contributed by atoms with Gasteiger partial charge in [0.05, 0.1) is 18.4 Å². The summed E-state index contributed by atoms with van der Waals surface area (Å²) in [6.45, 7) is 1.25. The summed E-state index contributed by atoms with van der Waals surface area (Å²) in [5, 5.41) is 13.0. The first-order valence-corrected chi connectivity index (χ1v) is 8.99. The third-order valence-corrected chi connectivity index (χ3v) is 4.78. The van der Waals surface area contributed by atoms with Crippen molar-refractivity contribution >= 4 is 22.5 Å². The molecule has 0 atom stereocenters. The average molecular weight is 395 g/mol. The van der Waals surface area contributed by atoms with Crippen molar-refractivity contribution in [2.24, 2.45) is 0 Å². The van der Waals surface area contributed by atoms with Crippen LogP contribution in [-0.2, 0) is 11.3 Å². The van der Waals surface area contributed by atoms with Gasteiger partial charge in [-0.3, -0.25) is 4.79 Å². The first-order valence-electron chi connectivity index (χ1n) is 8.99. The standard InChI is InChI=1S/C19H17N5O5/c1-26-6-4-23(19(25)15-3-2-5-27-15)10-13-7-12-8-16-17(29-11-28-16)9-14(12)24-18(13)20-21-22-24/h2-3,5,7-9H,4,6,10-11H2,1H3. The molecule has 0 N–H and O–H groups in total. The van der Waals surface area contributed by atoms with Crippen LogP contribution >= 0.6 is 0 Å². The summed E-state index contributed by atoms with van der Waals surface area (Å²) >= 11 is 0. The third-order valence-electron chi connectivity index (χ3n) is 4.78. The number of tetrazole rings is 1. The van der Waals surface area contributed by atoms with Crippen molar-refractivity contribution in [2.75, 3.05) is 27.1 Å². The number of carbonyl (C=O) groups is 1. The molecular formula is C19H17N5O5. The molecule has 4 aromatic rings. The topological polar surface area (TPSA) is 104 Å². The number of nitrogens with zero attached hydrogens (tertiary/aromatic N) is 5. The van der Waals surface area contributed by atoms with Gasteiger partial charge in [0.15, 0.2) is 22.9 Å². The van der Waals surface area contributed by atoms with Crippen LogP contribution in [0.3, 0.4) is 0 Å². The van der Waals surface area contributed by atoms with E-state index in [0.717, 1.165) is 16.5 Å². The Bertz CT molecular complexity index is 1190. The summed E-state index contributed by atoms with van der Waals surface area (Å²) in [5.74, 6) is 1.35. The number of pyridine rings is 1. The monoisotopic (exact) mass is 395 g/mol. The molecular weight excluding hydrogens is 378 g/mol. The summed E-state index contributed by atoms with van der Waals surface area (Å²) in [4.78, 5) is 14.5. The lowest BCUT2D eigenvalue weighted by Crippen LogP contribution is -2.33. The number of hydrogen-bond acceptors (Lipinski definition) is 8. The molecule has 0 saturated carbocycles. The molecule has 3 aromatic heterocycles. The zero-order valence-electron chi connectivity index (χ0n) is 15.6. The van der Waals surface area contributed by atoms with Gasteiger partial charge in [-0.15, -0.1) is 5.10 Å². The molecule has 1 amide bonds. The number of fused-ring (bicyclic) bond motifs is 4. The number of ether oxygens (including phenoxy) is 3. The maximum atomic E-state index is 12.9. The molecule has 1 aliphatic rings. The predicted octanol–water partition coefficient (Wildman–Crippen LogP) is 1.89. The van der Waals surface area contributed by atoms with Crippen LogP contribution in [0.25, 0.3) is 16.6 Å². The maximum absolute atomic E-state index is 12.9. The average Bonchev–Trinajstić information content (AvgIpc) is 3.49. The van der Waals surface area contributed by atoms with Gasteiger partial charge in [-0.05, 0) is 34.7 Å². The fourth-order valence-corrected chi connectivity index (χ4v) is 3.38. The number of furan rings is 1. The molecule has 1 aliphatic heterocycles. The van der Waals surface area contributed by atoms with E-state index in [1.807, 2.05) is 18.2 Å². The van der Waals surface area contributed by atoms with E-state index in [9.17, 15) is 4.79 Å². The van der Waals surface area contributed by atoms with Crippen molar-refractivity contribution in [1.82, 2.24) is 24.9 Å². The summed E-state index contributed by atoms with van der Waals surface area (Å²) in [6.07, 6.45) is 1.47. The predicted molar refractivity (Wildman–Crippen MR) is 99.7 cm³/mol. The molecule has 0 radical (unpaired) electrons. The molecule has 0 fully saturated rings. The Hall–Kier alpha value is -3.66. The Labute approximate surface area is 164 Å². The minimum absolute atomic E-state index is 0.180. The number of hydrogen-bond donors (Lipinski definition) is 0. The van der Waals surface area contributed by atoms with E-state index in [-0.39, 0.29) is 25.0 Å². The zero-order chi connectivity index (χ0) is 19.8. The van der Waals surface area contributed by atoms with E-state index in [2.05, 4.69) is 15.5 Å². The van der Waals surface area contributed by atoms with Crippen LogP contribution in [0.15, 0.2) is 41.0 Å². The molecule has 5 rings (SSSR count). The Kier molecular flexibility index (Phi) is 4.24. The van der Waals surface area contributed by atoms with Gasteiger partial charge in [-0.1, -0.05) is 0 Å². The molecule has 148 valence electrons. The first-order chi connectivity index (χ1) is 14.2. The first kappa shape index (κ1) is 17.4. The molecule has 1 aromatic carbocycles. The van der Waals surface area contributed by atoms with Crippen LogP contribution in [0.5, 0.6) is 11.5 Å². The second-order valence-electron chi connectivity index (χ2n) is 6.54. The van der Waals surface area contributed by atoms with Crippen molar-refractivity contribution in [2.45, 2.75) is 6.54 Å². The van der Waals surface area contributed by atoms with Crippen LogP contribution < -0.4 is 9.47 Å². The smallest absolute Gasteiger partial charge is 0.289 e. The van der Waals surface area contributed by atoms with Crippen molar-refractivity contribution in [1.29, 1.82) is 0 Å². The molecule has 0 bridgehead atoms. The van der Waals surface area contributed by atoms with Gasteiger partial charge in [0.1, 0.15) is 0 Å². The highest BCUT2D eigenvalue weighted by molar-refractivity contribution is 5.92. The molecule has 0 spiro atoms. The normalized spacial score (nSPS) is 12.7. The lowest BCUT2D eigenvalue weighted by Gasteiger charge is -2.21. The summed E-state index contributed by atoms with van der Waals surface area (Å²) in [7, 11) is 1.59. The van der Waals surface area contributed by atoms with Crippen molar-refractivity contribution in [3.05, 3.63) is 47.9 Å². The number of aromatic nitrogens is 4. The van der Waals surface area contributed by atoms with E-state index < -0.39 is 0 Å². The number of methoxy groups -OCH3 is 1. The number of benzene rings is 1. The number of carbonyl (C=O) groups excluding carboxylic acids is 1. The van der Waals surface area contributed by atoms with Gasteiger partial charge in [0, 0.05) is 37.2 Å². The maximum Gasteiger partial charge on any atom is 0.289 e. The van der Waals surface area contributed by atoms with Crippen LogP contribution in [0.1, 0.15) is 16.1 Å². The van der Waals surface area contributed by atoms with Crippen LogP contribution in [0.2, 0.25) is 0 Å². The van der Waals surface area contributed by atoms with E-state index in [1.54, 1.807) is 28.7 Å². The lowest BCUT2D eigenvalue weighted by molar-refractivity contribution is 0.0650. The van der Waals surface area contributed by atoms with Crippen LogP contribution in [0, 0.1) is 0 Å². The zero-order valence-corrected chi connectivity index (χ0v) is 15.6. The fraction of sp³-hybridized carbons (Fsp3) is 0.263. The molecule has 4 heterocycles. The third kappa shape index (κ3) is 3.03. The lowest BCUT2D eigenvalue weighted by atomic mass is 10.1. The SMILES string of the molecule is COCCN(Cc1cc2cc3c(cc2n2nnnc12)OCO3)C(=O)c1ccco1. The molecule has 0 saturated heterocycles. The second kappa shape index (κ2) is 7.06. The largest absolute Gasteiger partial charge is 0.459 e. The van der Waals surface area contributed by atoms with Crippen molar-refractivity contribution in [3.8, 4) is 11.5 Å². The van der Waals surface area contributed by atoms with Crippen molar-refractivity contribution in [3.63, 3.8) is 0 Å². The van der Waals surface area contributed by atoms with Gasteiger partial charge >= 0.3 is 0 Å². The van der Waals surface area contributed by atoms with E-state index in [4.69, 9.17) is 18.6 Å². The molecule has 10 heteroatoms. The highest BCUT2D eigenvalue weighted by atomic mass is 16.7. The Balaban J connectivity index is 1.57. The quantitative estimate of drug-likeness (QED) is 0.487. The minimum Gasteiger partial charge on any atom is -0.459 e. The molecule has 29 heavy (non-hydrogen) atoms. The second-order valence-corrected chi connectivity index (χ2v) is 6.54. The van der Waals surface area contributed by atoms with E-state index >= 15 is 0 Å². The van der Waals surface area contributed by atoms with E-state index in [0.29, 0.717) is 30.3 Å². The van der Waals surface area contributed by atoms with Crippen LogP contribution in [-0.4, -0.2) is 57.9 Å². The Morgan fingerprint density at radius 3 is 2.93 bits per heavy atom.